The number of hydrogen-bond donors (Lipinski definition) is 3. The number of carbonyl (C=O) groups excluding carboxylic acids is 2. The average molecular weight is 792 g/mol. The molecule has 3 aromatic carbocycles. The van der Waals surface area contributed by atoms with Crippen molar-refractivity contribution in [1.82, 2.24) is 15.2 Å². The SMILES string of the molecule is C=CCON=C(C(=O)NC1C(=O)N2C(C(=O)O)=C(CI)CS[C@@H]12)c1csc(NC(c2ccccc2)(c2ccccc2)c2ccccc2)n1. The van der Waals surface area contributed by atoms with Crippen LogP contribution in [-0.4, -0.2) is 66.7 Å². The Balaban J connectivity index is 1.32. The number of carboxylic acid groups (broad SMARTS) is 1. The molecule has 13 heteroatoms. The minimum absolute atomic E-state index is 0.0131. The highest BCUT2D eigenvalue weighted by molar-refractivity contribution is 14.1. The molecule has 10 nitrogen and oxygen atoms in total. The second kappa shape index (κ2) is 14.7. The van der Waals surface area contributed by atoms with Crippen LogP contribution < -0.4 is 10.6 Å². The summed E-state index contributed by atoms with van der Waals surface area (Å²) in [6.45, 7) is 3.69. The van der Waals surface area contributed by atoms with Crippen LogP contribution in [0, 0.1) is 0 Å². The van der Waals surface area contributed by atoms with Crippen molar-refractivity contribution < 1.29 is 24.3 Å². The molecule has 2 aliphatic heterocycles. The van der Waals surface area contributed by atoms with Gasteiger partial charge in [-0.15, -0.1) is 23.1 Å². The van der Waals surface area contributed by atoms with E-state index in [2.05, 4.69) is 81.4 Å². The number of hydrogen-bond acceptors (Lipinski definition) is 9. The maximum atomic E-state index is 13.7. The number of β-lactam (4-membered cyclic amide) rings is 1. The van der Waals surface area contributed by atoms with E-state index in [0.717, 1.165) is 16.7 Å². The molecule has 1 unspecified atom stereocenters. The highest BCUT2D eigenvalue weighted by Gasteiger charge is 2.54. The Morgan fingerprint density at radius 1 is 1.04 bits per heavy atom. The predicted molar refractivity (Wildman–Crippen MR) is 196 cm³/mol. The van der Waals surface area contributed by atoms with Gasteiger partial charge in [-0.25, -0.2) is 9.78 Å². The molecule has 2 aliphatic rings. The molecule has 2 atom stereocenters. The molecule has 1 fully saturated rings. The molecule has 2 amide bonds. The van der Waals surface area contributed by atoms with Crippen molar-refractivity contribution in [2.24, 2.45) is 5.16 Å². The summed E-state index contributed by atoms with van der Waals surface area (Å²) < 4.78 is 0.484. The smallest absolute Gasteiger partial charge is 0.352 e. The molecule has 0 saturated carbocycles. The molecular formula is C35H30IN5O5S2. The van der Waals surface area contributed by atoms with E-state index < -0.39 is 34.7 Å². The normalized spacial score (nSPS) is 17.6. The van der Waals surface area contributed by atoms with E-state index in [1.807, 2.05) is 54.6 Å². The van der Waals surface area contributed by atoms with Gasteiger partial charge in [0, 0.05) is 15.6 Å². The summed E-state index contributed by atoms with van der Waals surface area (Å²) in [6.07, 6.45) is 1.50. The molecule has 1 saturated heterocycles. The standard InChI is InChI=1S/C35H30IN5O5S2/c1-2-18-46-40-27(30(42)38-28-31(43)41-29(33(44)45)22(19-36)20-47-32(28)41)26-21-48-34(37-26)39-35(23-12-6-3-7-13-23,24-14-8-4-9-15-24)25-16-10-5-11-17-25/h2-17,21,28,32H,1,18-20H2,(H,37,39)(H,38,42)(H,44,45)/t28?,32-/m0/s1. The van der Waals surface area contributed by atoms with Crippen molar-refractivity contribution in [3.8, 4) is 0 Å². The number of carbonyl (C=O) groups is 3. The van der Waals surface area contributed by atoms with Crippen molar-refractivity contribution in [3.05, 3.63) is 143 Å². The maximum absolute atomic E-state index is 13.7. The summed E-state index contributed by atoms with van der Waals surface area (Å²) in [5.41, 5.74) is 2.88. The van der Waals surface area contributed by atoms with E-state index in [1.54, 1.807) is 5.38 Å². The molecule has 6 rings (SSSR count). The molecule has 3 N–H and O–H groups in total. The van der Waals surface area contributed by atoms with E-state index >= 15 is 0 Å². The van der Waals surface area contributed by atoms with Crippen molar-refractivity contribution in [3.63, 3.8) is 0 Å². The van der Waals surface area contributed by atoms with Crippen LogP contribution in [0.5, 0.6) is 0 Å². The zero-order valence-corrected chi connectivity index (χ0v) is 29.2. The van der Waals surface area contributed by atoms with E-state index in [0.29, 0.717) is 20.9 Å². The molecule has 4 aromatic rings. The molecule has 1 aromatic heterocycles. The Labute approximate surface area is 299 Å². The molecule has 0 aliphatic carbocycles. The van der Waals surface area contributed by atoms with Crippen LogP contribution in [0.15, 0.2) is 125 Å². The van der Waals surface area contributed by atoms with Crippen molar-refractivity contribution in [1.29, 1.82) is 0 Å². The van der Waals surface area contributed by atoms with Crippen LogP contribution in [0.4, 0.5) is 5.13 Å². The molecule has 0 radical (unpaired) electrons. The van der Waals surface area contributed by atoms with Gasteiger partial charge in [-0.1, -0.05) is 131 Å². The first-order valence-electron chi connectivity index (χ1n) is 14.9. The van der Waals surface area contributed by atoms with Gasteiger partial charge in [0.05, 0.1) is 0 Å². The van der Waals surface area contributed by atoms with Crippen LogP contribution >= 0.6 is 45.7 Å². The Morgan fingerprint density at radius 2 is 1.62 bits per heavy atom. The lowest BCUT2D eigenvalue weighted by atomic mass is 9.77. The summed E-state index contributed by atoms with van der Waals surface area (Å²) in [4.78, 5) is 50.3. The number of rotatable bonds is 13. The number of fused-ring (bicyclic) bond motifs is 1. The Kier molecular flexibility index (Phi) is 10.3. The maximum Gasteiger partial charge on any atom is 0.352 e. The Hall–Kier alpha value is -4.47. The number of nitrogens with one attached hydrogen (secondary N) is 2. The van der Waals surface area contributed by atoms with Crippen LogP contribution in [0.1, 0.15) is 22.4 Å². The van der Waals surface area contributed by atoms with Gasteiger partial charge >= 0.3 is 5.97 Å². The summed E-state index contributed by atoms with van der Waals surface area (Å²) in [5.74, 6) is -1.88. The van der Waals surface area contributed by atoms with Crippen LogP contribution in [0.2, 0.25) is 0 Å². The number of benzene rings is 3. The number of oxime groups is 1. The van der Waals surface area contributed by atoms with Gasteiger partial charge in [0.25, 0.3) is 11.8 Å². The molecule has 244 valence electrons. The number of anilines is 1. The van der Waals surface area contributed by atoms with Gasteiger partial charge in [-0.05, 0) is 22.3 Å². The van der Waals surface area contributed by atoms with E-state index in [-0.39, 0.29) is 23.7 Å². The van der Waals surface area contributed by atoms with E-state index in [4.69, 9.17) is 9.82 Å². The quantitative estimate of drug-likeness (QED) is 0.0232. The van der Waals surface area contributed by atoms with Crippen molar-refractivity contribution in [2.75, 3.05) is 22.1 Å². The van der Waals surface area contributed by atoms with Crippen molar-refractivity contribution >= 4 is 74.3 Å². The zero-order chi connectivity index (χ0) is 33.7. The predicted octanol–water partition coefficient (Wildman–Crippen LogP) is 5.63. The Bertz CT molecular complexity index is 1790. The fourth-order valence-corrected chi connectivity index (χ4v) is 8.83. The molecule has 48 heavy (non-hydrogen) atoms. The number of alkyl halides is 1. The largest absolute Gasteiger partial charge is 0.477 e. The number of carboxylic acids is 1. The van der Waals surface area contributed by atoms with E-state index in [1.165, 1.54) is 34.1 Å². The number of amides is 2. The zero-order valence-electron chi connectivity index (χ0n) is 25.4. The van der Waals surface area contributed by atoms with Gasteiger partial charge in [-0.3, -0.25) is 14.5 Å². The van der Waals surface area contributed by atoms with Crippen LogP contribution in [0.25, 0.3) is 0 Å². The van der Waals surface area contributed by atoms with Gasteiger partial charge < -0.3 is 20.6 Å². The first-order valence-corrected chi connectivity index (χ1v) is 18.3. The first kappa shape index (κ1) is 33.4. The second-order valence-electron chi connectivity index (χ2n) is 10.8. The van der Waals surface area contributed by atoms with E-state index in [9.17, 15) is 19.5 Å². The summed E-state index contributed by atoms with van der Waals surface area (Å²) in [6, 6.07) is 29.2. The number of thioether (sulfide) groups is 1. The fourth-order valence-electron chi connectivity index (χ4n) is 5.74. The molecule has 0 spiro atoms. The molecule has 0 bridgehead atoms. The molecular weight excluding hydrogens is 761 g/mol. The van der Waals surface area contributed by atoms with Crippen molar-refractivity contribution in [2.45, 2.75) is 17.0 Å². The third-order valence-electron chi connectivity index (χ3n) is 7.92. The minimum atomic E-state index is -1.16. The number of aromatic nitrogens is 1. The topological polar surface area (TPSA) is 133 Å². The lowest BCUT2D eigenvalue weighted by Crippen LogP contribution is -2.71. The van der Waals surface area contributed by atoms with Crippen LogP contribution in [-0.2, 0) is 24.8 Å². The highest BCUT2D eigenvalue weighted by atomic mass is 127. The minimum Gasteiger partial charge on any atom is -0.477 e. The monoisotopic (exact) mass is 791 g/mol. The number of thiazole rings is 1. The second-order valence-corrected chi connectivity index (χ2v) is 13.5. The summed E-state index contributed by atoms with van der Waals surface area (Å²) in [7, 11) is 0. The Morgan fingerprint density at radius 3 is 2.15 bits per heavy atom. The summed E-state index contributed by atoms with van der Waals surface area (Å²) in [5, 5.41) is 22.0. The highest BCUT2D eigenvalue weighted by Crippen LogP contribution is 2.42. The summed E-state index contributed by atoms with van der Waals surface area (Å²) >= 11 is 4.80. The van der Waals surface area contributed by atoms with Gasteiger partial charge in [0.15, 0.2) is 10.8 Å². The average Bonchev–Trinajstić information content (AvgIpc) is 3.59. The first-order chi connectivity index (χ1) is 23.4. The fraction of sp³-hybridized carbons (Fsp3) is 0.171. The van der Waals surface area contributed by atoms with Crippen LogP contribution in [0.3, 0.4) is 0 Å². The van der Waals surface area contributed by atoms with Gasteiger partial charge in [-0.2, -0.15) is 0 Å². The third kappa shape index (κ3) is 6.36. The number of halogens is 1. The third-order valence-corrected chi connectivity index (χ3v) is 10.9. The number of aliphatic carboxylic acids is 1. The lowest BCUT2D eigenvalue weighted by molar-refractivity contribution is -0.150. The molecule has 3 heterocycles. The lowest BCUT2D eigenvalue weighted by Gasteiger charge is -2.49. The van der Waals surface area contributed by atoms with Gasteiger partial charge in [0.2, 0.25) is 0 Å². The number of nitrogens with zero attached hydrogens (tertiary/aromatic N) is 3. The van der Waals surface area contributed by atoms with Gasteiger partial charge in [0.1, 0.15) is 35.0 Å².